The minimum absolute atomic E-state index is 0. The molecule has 0 radical (unpaired) electrons. The number of likely N-dealkylation sites (tertiary alicyclic amines) is 1. The summed E-state index contributed by atoms with van der Waals surface area (Å²) >= 11 is 0. The molecule has 3 nitrogen and oxygen atoms in total. The van der Waals surface area contributed by atoms with E-state index in [2.05, 4.69) is 0 Å². The van der Waals surface area contributed by atoms with Gasteiger partial charge in [-0.3, -0.25) is 4.79 Å². The van der Waals surface area contributed by atoms with E-state index in [0.29, 0.717) is 13.1 Å². The summed E-state index contributed by atoms with van der Waals surface area (Å²) in [6.07, 6.45) is -2.94. The van der Waals surface area contributed by atoms with Crippen LogP contribution in [0.4, 0.5) is 13.2 Å². The van der Waals surface area contributed by atoms with E-state index in [-0.39, 0.29) is 12.4 Å². The van der Waals surface area contributed by atoms with Crippen LogP contribution in [0.1, 0.15) is 12.8 Å². The number of hydrogen-bond donors (Lipinski definition) is 1. The molecule has 0 aliphatic carbocycles. The molecule has 1 saturated heterocycles. The Bertz CT molecular complexity index is 216. The second-order valence-electron chi connectivity index (χ2n) is 3.44. The Labute approximate surface area is 91.7 Å². The van der Waals surface area contributed by atoms with Crippen LogP contribution in [0, 0.1) is 5.92 Å². The number of alkyl halides is 3. The van der Waals surface area contributed by atoms with E-state index in [1.54, 1.807) is 4.90 Å². The Kier molecular flexibility index (Phi) is 5.37. The van der Waals surface area contributed by atoms with Gasteiger partial charge in [-0.15, -0.1) is 12.4 Å². The highest BCUT2D eigenvalue weighted by Gasteiger charge is 2.46. The molecule has 0 aromatic rings. The van der Waals surface area contributed by atoms with Crippen molar-refractivity contribution in [1.82, 2.24) is 4.90 Å². The Hall–Kier alpha value is -0.490. The summed E-state index contributed by atoms with van der Waals surface area (Å²) < 4.78 is 36.7. The molecule has 1 N–H and O–H groups in total. The molecule has 1 aliphatic heterocycles. The zero-order chi connectivity index (χ0) is 10.8. The van der Waals surface area contributed by atoms with Gasteiger partial charge >= 0.3 is 12.1 Å². The first kappa shape index (κ1) is 14.5. The summed E-state index contributed by atoms with van der Waals surface area (Å²) in [6.45, 7) is 0.721. The van der Waals surface area contributed by atoms with E-state index in [9.17, 15) is 18.0 Å². The van der Waals surface area contributed by atoms with Gasteiger partial charge in [0.15, 0.2) is 5.92 Å². The molecule has 0 saturated carbocycles. The lowest BCUT2D eigenvalue weighted by Gasteiger charge is -2.22. The van der Waals surface area contributed by atoms with Crippen molar-refractivity contribution in [3.05, 3.63) is 0 Å². The van der Waals surface area contributed by atoms with Crippen molar-refractivity contribution in [3.63, 3.8) is 0 Å². The van der Waals surface area contributed by atoms with Crippen LogP contribution in [-0.4, -0.2) is 41.8 Å². The average molecular weight is 248 g/mol. The van der Waals surface area contributed by atoms with Crippen LogP contribution < -0.4 is 0 Å². The van der Waals surface area contributed by atoms with Gasteiger partial charge in [-0.05, 0) is 25.9 Å². The molecular weight excluding hydrogens is 235 g/mol. The fourth-order valence-corrected chi connectivity index (χ4v) is 1.55. The Morgan fingerprint density at radius 2 is 1.80 bits per heavy atom. The third kappa shape index (κ3) is 4.25. The molecule has 0 bridgehead atoms. The first-order chi connectivity index (χ1) is 6.41. The molecule has 7 heteroatoms. The Balaban J connectivity index is 0.00000196. The largest absolute Gasteiger partial charge is 0.481 e. The molecule has 0 spiro atoms. The quantitative estimate of drug-likeness (QED) is 0.826. The van der Waals surface area contributed by atoms with Crippen LogP contribution in [0.25, 0.3) is 0 Å². The van der Waals surface area contributed by atoms with Crippen molar-refractivity contribution in [1.29, 1.82) is 0 Å². The van der Waals surface area contributed by atoms with Gasteiger partial charge in [0, 0.05) is 6.54 Å². The molecule has 1 atom stereocenters. The third-order valence-corrected chi connectivity index (χ3v) is 2.33. The summed E-state index contributed by atoms with van der Waals surface area (Å²) in [7, 11) is 0. The maximum absolute atomic E-state index is 12.2. The van der Waals surface area contributed by atoms with Crippen LogP contribution in [0.5, 0.6) is 0 Å². The van der Waals surface area contributed by atoms with Crippen LogP contribution in [0.15, 0.2) is 0 Å². The van der Waals surface area contributed by atoms with Gasteiger partial charge in [-0.1, -0.05) is 0 Å². The first-order valence-electron chi connectivity index (χ1n) is 4.43. The summed E-state index contributed by atoms with van der Waals surface area (Å²) in [6, 6.07) is 0. The van der Waals surface area contributed by atoms with Crippen molar-refractivity contribution in [2.75, 3.05) is 19.6 Å². The monoisotopic (exact) mass is 247 g/mol. The number of carboxylic acid groups (broad SMARTS) is 1. The lowest BCUT2D eigenvalue weighted by molar-refractivity contribution is -0.196. The molecule has 0 amide bonds. The molecule has 0 aromatic carbocycles. The van der Waals surface area contributed by atoms with E-state index >= 15 is 0 Å². The minimum atomic E-state index is -4.64. The second kappa shape index (κ2) is 5.55. The summed E-state index contributed by atoms with van der Waals surface area (Å²) in [5, 5.41) is 8.42. The predicted octanol–water partition coefficient (Wildman–Crippen LogP) is 1.77. The zero-order valence-electron chi connectivity index (χ0n) is 7.96. The van der Waals surface area contributed by atoms with Gasteiger partial charge in [0.2, 0.25) is 0 Å². The Morgan fingerprint density at radius 3 is 2.13 bits per heavy atom. The smallest absolute Gasteiger partial charge is 0.403 e. The lowest BCUT2D eigenvalue weighted by Crippen LogP contribution is -2.40. The van der Waals surface area contributed by atoms with Crippen LogP contribution in [-0.2, 0) is 4.79 Å². The maximum atomic E-state index is 12.2. The van der Waals surface area contributed by atoms with E-state index in [1.807, 2.05) is 0 Å². The van der Waals surface area contributed by atoms with Crippen molar-refractivity contribution in [3.8, 4) is 0 Å². The normalized spacial score (nSPS) is 19.7. The number of rotatable bonds is 3. The van der Waals surface area contributed by atoms with Gasteiger partial charge in [-0.2, -0.15) is 13.2 Å². The average Bonchev–Trinajstić information content (AvgIpc) is 2.48. The van der Waals surface area contributed by atoms with Crippen LogP contribution in [0.3, 0.4) is 0 Å². The zero-order valence-corrected chi connectivity index (χ0v) is 8.77. The number of halogens is 4. The third-order valence-electron chi connectivity index (χ3n) is 2.33. The fraction of sp³-hybridized carbons (Fsp3) is 0.875. The first-order valence-corrected chi connectivity index (χ1v) is 4.43. The van der Waals surface area contributed by atoms with Crippen molar-refractivity contribution < 1.29 is 23.1 Å². The van der Waals surface area contributed by atoms with Crippen molar-refractivity contribution >= 4 is 18.4 Å². The fourth-order valence-electron chi connectivity index (χ4n) is 1.55. The molecule has 0 unspecified atom stereocenters. The molecule has 1 fully saturated rings. The van der Waals surface area contributed by atoms with E-state index in [1.165, 1.54) is 0 Å². The minimum Gasteiger partial charge on any atom is -0.481 e. The molecule has 15 heavy (non-hydrogen) atoms. The molecule has 1 heterocycles. The molecule has 0 aromatic heterocycles. The van der Waals surface area contributed by atoms with E-state index in [0.717, 1.165) is 12.8 Å². The number of carbonyl (C=O) groups is 1. The standard InChI is InChI=1S/C8H12F3NO2.ClH/c9-8(10,11)6(7(13)14)5-12-3-1-2-4-12;/h6H,1-5H2,(H,13,14);1H/t6-;/m0./s1. The number of hydrogen-bond acceptors (Lipinski definition) is 2. The topological polar surface area (TPSA) is 40.5 Å². The molecule has 90 valence electrons. The number of aliphatic carboxylic acids is 1. The highest BCUT2D eigenvalue weighted by Crippen LogP contribution is 2.28. The van der Waals surface area contributed by atoms with Crippen molar-refractivity contribution in [2.45, 2.75) is 19.0 Å². The van der Waals surface area contributed by atoms with Crippen LogP contribution in [0.2, 0.25) is 0 Å². The van der Waals surface area contributed by atoms with Crippen molar-refractivity contribution in [2.24, 2.45) is 5.92 Å². The molecular formula is C8H13ClF3NO2. The SMILES string of the molecule is Cl.O=C(O)[C@H](CN1CCCC1)C(F)(F)F. The highest BCUT2D eigenvalue weighted by molar-refractivity contribution is 5.85. The van der Waals surface area contributed by atoms with E-state index in [4.69, 9.17) is 5.11 Å². The van der Waals surface area contributed by atoms with Gasteiger partial charge in [0.25, 0.3) is 0 Å². The van der Waals surface area contributed by atoms with E-state index < -0.39 is 24.6 Å². The maximum Gasteiger partial charge on any atom is 0.403 e. The predicted molar refractivity (Wildman–Crippen MR) is 50.1 cm³/mol. The van der Waals surface area contributed by atoms with Crippen LogP contribution >= 0.6 is 12.4 Å². The summed E-state index contributed by atoms with van der Waals surface area (Å²) in [5.74, 6) is -4.04. The summed E-state index contributed by atoms with van der Waals surface area (Å²) in [5.41, 5.74) is 0. The van der Waals surface area contributed by atoms with Gasteiger partial charge in [0.05, 0.1) is 0 Å². The van der Waals surface area contributed by atoms with Gasteiger partial charge in [0.1, 0.15) is 0 Å². The number of nitrogens with zero attached hydrogens (tertiary/aromatic N) is 1. The molecule has 1 rings (SSSR count). The molecule has 1 aliphatic rings. The lowest BCUT2D eigenvalue weighted by atomic mass is 10.1. The van der Waals surface area contributed by atoms with Gasteiger partial charge in [-0.25, -0.2) is 0 Å². The summed E-state index contributed by atoms with van der Waals surface area (Å²) in [4.78, 5) is 11.9. The Morgan fingerprint density at radius 1 is 1.33 bits per heavy atom. The van der Waals surface area contributed by atoms with Gasteiger partial charge < -0.3 is 10.0 Å². The number of carboxylic acids is 1. The second-order valence-corrected chi connectivity index (χ2v) is 3.44. The highest BCUT2D eigenvalue weighted by atomic mass is 35.5.